The molecule has 1 aromatic rings. The van der Waals surface area contributed by atoms with Crippen molar-refractivity contribution in [1.29, 1.82) is 0 Å². The molecule has 0 saturated carbocycles. The van der Waals surface area contributed by atoms with Crippen molar-refractivity contribution in [2.75, 3.05) is 0 Å². The van der Waals surface area contributed by atoms with Crippen LogP contribution in [0.4, 0.5) is 0 Å². The van der Waals surface area contributed by atoms with E-state index >= 15 is 0 Å². The molecule has 74 valence electrons. The van der Waals surface area contributed by atoms with Crippen LogP contribution in [0.5, 0.6) is 0 Å². The first-order valence-corrected chi connectivity index (χ1v) is 5.03. The monoisotopic (exact) mass is 181 g/mol. The van der Waals surface area contributed by atoms with Gasteiger partial charge in [-0.15, -0.1) is 0 Å². The zero-order chi connectivity index (χ0) is 9.73. The third-order valence-corrected chi connectivity index (χ3v) is 2.73. The van der Waals surface area contributed by atoms with E-state index in [1.54, 1.807) is 6.20 Å². The lowest BCUT2D eigenvalue weighted by Gasteiger charge is -2.21. The van der Waals surface area contributed by atoms with Crippen molar-refractivity contribution >= 4 is 0 Å². The summed E-state index contributed by atoms with van der Waals surface area (Å²) in [5.74, 6) is 1.01. The summed E-state index contributed by atoms with van der Waals surface area (Å²) < 4.78 is 5.03. The van der Waals surface area contributed by atoms with Gasteiger partial charge in [-0.05, 0) is 18.3 Å². The number of hydrogen-bond acceptors (Lipinski definition) is 2. The molecule has 0 aromatic carbocycles. The fraction of sp³-hybridized carbons (Fsp3) is 0.727. The highest BCUT2D eigenvalue weighted by molar-refractivity contribution is 4.92. The van der Waals surface area contributed by atoms with Gasteiger partial charge in [0.1, 0.15) is 5.76 Å². The second-order valence-corrected chi connectivity index (χ2v) is 4.35. The van der Waals surface area contributed by atoms with Gasteiger partial charge in [0, 0.05) is 12.5 Å². The summed E-state index contributed by atoms with van der Waals surface area (Å²) in [6.07, 6.45) is 6.41. The van der Waals surface area contributed by atoms with E-state index < -0.39 is 0 Å². The molecule has 1 heterocycles. The average Bonchev–Trinajstić information content (AvgIpc) is 2.57. The molecule has 0 unspecified atom stereocenters. The van der Waals surface area contributed by atoms with E-state index in [9.17, 15) is 0 Å². The lowest BCUT2D eigenvalue weighted by Crippen LogP contribution is -2.09. The minimum absolute atomic E-state index is 0.472. The van der Waals surface area contributed by atoms with Gasteiger partial charge in [0.05, 0.1) is 6.20 Å². The Bertz CT molecular complexity index is 226. The predicted octanol–water partition coefficient (Wildman–Crippen LogP) is 3.43. The molecule has 0 spiro atoms. The molecule has 0 saturated heterocycles. The molecule has 13 heavy (non-hydrogen) atoms. The molecule has 0 aliphatic rings. The van der Waals surface area contributed by atoms with Gasteiger partial charge in [-0.1, -0.05) is 32.3 Å². The topological polar surface area (TPSA) is 26.0 Å². The molecular weight excluding hydrogens is 162 g/mol. The van der Waals surface area contributed by atoms with Gasteiger partial charge in [-0.2, -0.15) is 0 Å². The maximum absolute atomic E-state index is 5.03. The Balaban J connectivity index is 2.21. The number of aryl methyl sites for hydroxylation is 1. The molecule has 0 radical (unpaired) electrons. The third-order valence-electron chi connectivity index (χ3n) is 2.73. The van der Waals surface area contributed by atoms with Crippen molar-refractivity contribution in [2.24, 2.45) is 5.41 Å². The summed E-state index contributed by atoms with van der Waals surface area (Å²) in [6.45, 7) is 6.87. The number of aromatic nitrogens is 1. The Morgan fingerprint density at radius 2 is 2.23 bits per heavy atom. The van der Waals surface area contributed by atoms with Gasteiger partial charge in [-0.3, -0.25) is 0 Å². The summed E-state index contributed by atoms with van der Waals surface area (Å²) in [5.41, 5.74) is 0.472. The first kappa shape index (κ1) is 10.3. The van der Waals surface area contributed by atoms with Crippen molar-refractivity contribution in [2.45, 2.75) is 46.5 Å². The van der Waals surface area contributed by atoms with Crippen LogP contribution >= 0.6 is 0 Å². The molecule has 2 heteroatoms. The minimum atomic E-state index is 0.472. The summed E-state index contributed by atoms with van der Waals surface area (Å²) in [4.78, 5) is 0. The molecule has 0 aliphatic carbocycles. The Morgan fingerprint density at radius 1 is 1.46 bits per heavy atom. The van der Waals surface area contributed by atoms with Crippen LogP contribution in [-0.2, 0) is 6.42 Å². The fourth-order valence-electron chi connectivity index (χ4n) is 1.29. The fourth-order valence-corrected chi connectivity index (χ4v) is 1.29. The Morgan fingerprint density at radius 3 is 2.77 bits per heavy atom. The summed E-state index contributed by atoms with van der Waals surface area (Å²) in [6, 6.07) is 1.94. The maximum Gasteiger partial charge on any atom is 0.136 e. The first-order chi connectivity index (χ1) is 6.14. The largest absolute Gasteiger partial charge is 0.361 e. The zero-order valence-electron chi connectivity index (χ0n) is 8.84. The standard InChI is InChI=1S/C11H19NO/c1-4-11(2,3)8-5-6-10-7-9-12-13-10/h7,9H,4-6,8H2,1-3H3. The number of hydrogen-bond donors (Lipinski definition) is 0. The number of nitrogens with zero attached hydrogens (tertiary/aromatic N) is 1. The molecule has 0 bridgehead atoms. The third kappa shape index (κ3) is 3.62. The Labute approximate surface area is 80.3 Å². The Hall–Kier alpha value is -0.790. The summed E-state index contributed by atoms with van der Waals surface area (Å²) in [7, 11) is 0. The molecule has 1 rings (SSSR count). The van der Waals surface area contributed by atoms with Crippen molar-refractivity contribution in [1.82, 2.24) is 5.16 Å². The first-order valence-electron chi connectivity index (χ1n) is 5.03. The second-order valence-electron chi connectivity index (χ2n) is 4.35. The smallest absolute Gasteiger partial charge is 0.136 e. The van der Waals surface area contributed by atoms with E-state index in [-0.39, 0.29) is 0 Å². The van der Waals surface area contributed by atoms with Gasteiger partial charge in [0.25, 0.3) is 0 Å². The van der Waals surface area contributed by atoms with Crippen LogP contribution in [0.1, 0.15) is 45.8 Å². The maximum atomic E-state index is 5.03. The van der Waals surface area contributed by atoms with Crippen LogP contribution in [0.3, 0.4) is 0 Å². The minimum Gasteiger partial charge on any atom is -0.361 e. The summed E-state index contributed by atoms with van der Waals surface area (Å²) >= 11 is 0. The average molecular weight is 181 g/mol. The van der Waals surface area contributed by atoms with Gasteiger partial charge >= 0.3 is 0 Å². The van der Waals surface area contributed by atoms with Crippen LogP contribution < -0.4 is 0 Å². The van der Waals surface area contributed by atoms with E-state index in [1.807, 2.05) is 6.07 Å². The van der Waals surface area contributed by atoms with E-state index in [2.05, 4.69) is 25.9 Å². The molecule has 0 aliphatic heterocycles. The molecular formula is C11H19NO. The van der Waals surface area contributed by atoms with Crippen LogP contribution in [0.2, 0.25) is 0 Å². The molecule has 0 N–H and O–H groups in total. The van der Waals surface area contributed by atoms with Gasteiger partial charge in [-0.25, -0.2) is 0 Å². The summed E-state index contributed by atoms with van der Waals surface area (Å²) in [5, 5.41) is 3.68. The highest BCUT2D eigenvalue weighted by atomic mass is 16.5. The molecule has 0 atom stereocenters. The Kier molecular flexibility index (Phi) is 3.52. The zero-order valence-corrected chi connectivity index (χ0v) is 8.84. The number of rotatable bonds is 5. The molecule has 1 aromatic heterocycles. The molecule has 0 amide bonds. The molecule has 0 fully saturated rings. The van der Waals surface area contributed by atoms with Crippen molar-refractivity contribution in [3.63, 3.8) is 0 Å². The van der Waals surface area contributed by atoms with Crippen molar-refractivity contribution < 1.29 is 4.52 Å². The van der Waals surface area contributed by atoms with Gasteiger partial charge in [0.15, 0.2) is 0 Å². The normalized spacial score (nSPS) is 11.9. The molecule has 2 nitrogen and oxygen atoms in total. The van der Waals surface area contributed by atoms with Crippen LogP contribution in [0, 0.1) is 5.41 Å². The van der Waals surface area contributed by atoms with Gasteiger partial charge < -0.3 is 4.52 Å². The van der Waals surface area contributed by atoms with Crippen molar-refractivity contribution in [3.8, 4) is 0 Å². The van der Waals surface area contributed by atoms with Crippen LogP contribution in [-0.4, -0.2) is 5.16 Å². The predicted molar refractivity (Wildman–Crippen MR) is 53.5 cm³/mol. The SMILES string of the molecule is CCC(C)(C)CCCc1ccno1. The van der Waals surface area contributed by atoms with Gasteiger partial charge in [0.2, 0.25) is 0 Å². The lowest BCUT2D eigenvalue weighted by molar-refractivity contribution is 0.303. The highest BCUT2D eigenvalue weighted by Crippen LogP contribution is 2.26. The van der Waals surface area contributed by atoms with Crippen LogP contribution in [0.25, 0.3) is 0 Å². The highest BCUT2D eigenvalue weighted by Gasteiger charge is 2.14. The lowest BCUT2D eigenvalue weighted by atomic mass is 9.84. The van der Waals surface area contributed by atoms with Crippen LogP contribution in [0.15, 0.2) is 16.8 Å². The van der Waals surface area contributed by atoms with E-state index in [1.165, 1.54) is 19.3 Å². The second kappa shape index (κ2) is 4.45. The van der Waals surface area contributed by atoms with E-state index in [0.29, 0.717) is 5.41 Å². The van der Waals surface area contributed by atoms with E-state index in [4.69, 9.17) is 4.52 Å². The quantitative estimate of drug-likeness (QED) is 0.695. The van der Waals surface area contributed by atoms with Crippen molar-refractivity contribution in [3.05, 3.63) is 18.0 Å². The van der Waals surface area contributed by atoms with E-state index in [0.717, 1.165) is 12.2 Å².